The molecular formula is C26H24N2S. The molecule has 3 heteroatoms. The minimum Gasteiger partial charge on any atom is -0.316 e. The summed E-state index contributed by atoms with van der Waals surface area (Å²) in [5.41, 5.74) is 5.78. The highest BCUT2D eigenvalue weighted by molar-refractivity contribution is 7.16. The molecule has 0 unspecified atom stereocenters. The lowest BCUT2D eigenvalue weighted by Gasteiger charge is -2.19. The molecule has 0 aliphatic carbocycles. The molecule has 0 aliphatic heterocycles. The van der Waals surface area contributed by atoms with Gasteiger partial charge in [-0.3, -0.25) is 0 Å². The van der Waals surface area contributed by atoms with Crippen LogP contribution in [-0.4, -0.2) is 4.57 Å². The zero-order valence-electron chi connectivity index (χ0n) is 17.2. The van der Waals surface area contributed by atoms with E-state index in [-0.39, 0.29) is 5.41 Å². The van der Waals surface area contributed by atoms with Crippen molar-refractivity contribution < 1.29 is 0 Å². The Hall–Kier alpha value is -3.09. The molecule has 2 heterocycles. The maximum Gasteiger partial charge on any atom is 0.0944 e. The number of benzene rings is 2. The number of hydrogen-bond donors (Lipinski definition) is 0. The monoisotopic (exact) mass is 396 g/mol. The molecule has 2 nitrogen and oxygen atoms in total. The van der Waals surface area contributed by atoms with Crippen LogP contribution in [0.25, 0.3) is 33.1 Å². The summed E-state index contributed by atoms with van der Waals surface area (Å²) in [6.45, 7) is 8.55. The molecule has 2 aromatic heterocycles. The number of thiophene rings is 1. The number of nitrogens with zero attached hydrogens (tertiary/aromatic N) is 2. The van der Waals surface area contributed by atoms with Gasteiger partial charge in [-0.2, -0.15) is 5.26 Å². The quantitative estimate of drug-likeness (QED) is 0.328. The van der Waals surface area contributed by atoms with Gasteiger partial charge in [0.25, 0.3) is 0 Å². The fourth-order valence-corrected chi connectivity index (χ4v) is 4.57. The van der Waals surface area contributed by atoms with Gasteiger partial charge in [0, 0.05) is 38.2 Å². The lowest BCUT2D eigenvalue weighted by Crippen LogP contribution is -2.10. The Labute approximate surface area is 176 Å². The van der Waals surface area contributed by atoms with Gasteiger partial charge in [-0.1, -0.05) is 51.1 Å². The van der Waals surface area contributed by atoms with Crippen molar-refractivity contribution in [2.75, 3.05) is 0 Å². The first-order chi connectivity index (χ1) is 13.9. The van der Waals surface area contributed by atoms with Crippen molar-refractivity contribution in [3.63, 3.8) is 0 Å². The highest BCUT2D eigenvalue weighted by Gasteiger charge is 2.15. The van der Waals surface area contributed by atoms with Gasteiger partial charge in [-0.15, -0.1) is 11.3 Å². The number of nitriles is 1. The third kappa shape index (κ3) is 3.77. The first-order valence-electron chi connectivity index (χ1n) is 9.76. The van der Waals surface area contributed by atoms with Crippen LogP contribution in [0, 0.1) is 11.3 Å². The van der Waals surface area contributed by atoms with Crippen molar-refractivity contribution in [2.24, 2.45) is 0 Å². The topological polar surface area (TPSA) is 28.7 Å². The van der Waals surface area contributed by atoms with Crippen LogP contribution in [0.5, 0.6) is 0 Å². The Balaban J connectivity index is 1.82. The van der Waals surface area contributed by atoms with E-state index >= 15 is 0 Å². The maximum atomic E-state index is 9.04. The average Bonchev–Trinajstić information content (AvgIpc) is 3.32. The van der Waals surface area contributed by atoms with Crippen molar-refractivity contribution in [1.29, 1.82) is 5.26 Å². The summed E-state index contributed by atoms with van der Waals surface area (Å²) in [4.78, 5) is 2.31. The smallest absolute Gasteiger partial charge is 0.0944 e. The Morgan fingerprint density at radius 2 is 1.72 bits per heavy atom. The molecule has 4 rings (SSSR count). The van der Waals surface area contributed by atoms with E-state index in [4.69, 9.17) is 5.26 Å². The largest absolute Gasteiger partial charge is 0.316 e. The Morgan fingerprint density at radius 3 is 2.41 bits per heavy atom. The molecule has 0 amide bonds. The molecule has 0 bridgehead atoms. The fraction of sp³-hybridized carbons (Fsp3) is 0.192. The van der Waals surface area contributed by atoms with Gasteiger partial charge in [-0.25, -0.2) is 0 Å². The summed E-state index contributed by atoms with van der Waals surface area (Å²) in [6, 6.07) is 23.8. The molecule has 0 saturated carbocycles. The van der Waals surface area contributed by atoms with E-state index in [0.717, 1.165) is 16.1 Å². The second kappa shape index (κ2) is 7.39. The second-order valence-corrected chi connectivity index (χ2v) is 9.48. The Kier molecular flexibility index (Phi) is 4.90. The lowest BCUT2D eigenvalue weighted by atomic mass is 9.87. The van der Waals surface area contributed by atoms with Gasteiger partial charge < -0.3 is 4.57 Å². The van der Waals surface area contributed by atoms with Crippen molar-refractivity contribution >= 4 is 28.3 Å². The Morgan fingerprint density at radius 1 is 1.00 bits per heavy atom. The highest BCUT2D eigenvalue weighted by Crippen LogP contribution is 2.37. The molecular weight excluding hydrogens is 372 g/mol. The molecule has 0 radical (unpaired) electrons. The van der Waals surface area contributed by atoms with Gasteiger partial charge in [0.15, 0.2) is 0 Å². The van der Waals surface area contributed by atoms with Gasteiger partial charge in [0.1, 0.15) is 0 Å². The Bertz CT molecular complexity index is 1240. The average molecular weight is 397 g/mol. The molecule has 0 N–H and O–H groups in total. The van der Waals surface area contributed by atoms with E-state index < -0.39 is 0 Å². The molecule has 29 heavy (non-hydrogen) atoms. The van der Waals surface area contributed by atoms with E-state index in [1.807, 2.05) is 13.0 Å². The molecule has 0 aliphatic rings. The highest BCUT2D eigenvalue weighted by atomic mass is 32.1. The number of allylic oxidation sites excluding steroid dienone is 1. The number of rotatable bonds is 3. The second-order valence-electron chi connectivity index (χ2n) is 8.37. The predicted molar refractivity (Wildman–Crippen MR) is 125 cm³/mol. The van der Waals surface area contributed by atoms with Gasteiger partial charge in [0.05, 0.1) is 11.6 Å². The lowest BCUT2D eigenvalue weighted by molar-refractivity contribution is 0.590. The summed E-state index contributed by atoms with van der Waals surface area (Å²) in [6.07, 6.45) is 4.17. The fourth-order valence-electron chi connectivity index (χ4n) is 3.53. The summed E-state index contributed by atoms with van der Waals surface area (Å²) >= 11 is 1.72. The van der Waals surface area contributed by atoms with Crippen LogP contribution in [-0.2, 0) is 5.41 Å². The standard InChI is InChI=1S/C26H24N2S/c1-18(16-27)15-21-13-14-25(29-21)23-17-28(24-8-6-5-7-22(23)24)20-11-9-19(10-12-20)26(2,3)4/h5-15,17H,1-4H3/b18-15-. The van der Waals surface area contributed by atoms with E-state index in [1.165, 1.54) is 26.9 Å². The molecule has 0 fully saturated rings. The summed E-state index contributed by atoms with van der Waals surface area (Å²) in [5, 5.41) is 10.3. The number of para-hydroxylation sites is 1. The zero-order valence-corrected chi connectivity index (χ0v) is 18.0. The van der Waals surface area contributed by atoms with Gasteiger partial charge >= 0.3 is 0 Å². The summed E-state index contributed by atoms with van der Waals surface area (Å²) in [7, 11) is 0. The van der Waals surface area contributed by atoms with E-state index in [1.54, 1.807) is 11.3 Å². The van der Waals surface area contributed by atoms with Crippen LogP contribution < -0.4 is 0 Å². The zero-order chi connectivity index (χ0) is 20.6. The van der Waals surface area contributed by atoms with Crippen LogP contribution >= 0.6 is 11.3 Å². The summed E-state index contributed by atoms with van der Waals surface area (Å²) < 4.78 is 2.27. The minimum absolute atomic E-state index is 0.144. The molecule has 0 atom stereocenters. The van der Waals surface area contributed by atoms with E-state index in [0.29, 0.717) is 0 Å². The van der Waals surface area contributed by atoms with E-state index in [9.17, 15) is 0 Å². The van der Waals surface area contributed by atoms with Crippen LogP contribution in [0.3, 0.4) is 0 Å². The first kappa shape index (κ1) is 19.2. The van der Waals surface area contributed by atoms with Crippen LogP contribution in [0.1, 0.15) is 38.1 Å². The van der Waals surface area contributed by atoms with Gasteiger partial charge in [-0.05, 0) is 54.3 Å². The number of fused-ring (bicyclic) bond motifs is 1. The molecule has 0 saturated heterocycles. The summed E-state index contributed by atoms with van der Waals surface area (Å²) in [5.74, 6) is 0. The third-order valence-electron chi connectivity index (χ3n) is 5.15. The molecule has 144 valence electrons. The van der Waals surface area contributed by atoms with Crippen molar-refractivity contribution in [3.05, 3.63) is 82.9 Å². The number of aromatic nitrogens is 1. The minimum atomic E-state index is 0.144. The van der Waals surface area contributed by atoms with Crippen molar-refractivity contribution in [2.45, 2.75) is 33.1 Å². The molecule has 0 spiro atoms. The molecule has 2 aromatic carbocycles. The van der Waals surface area contributed by atoms with E-state index in [2.05, 4.69) is 98.3 Å². The first-order valence-corrected chi connectivity index (χ1v) is 10.6. The van der Waals surface area contributed by atoms with Crippen LogP contribution in [0.4, 0.5) is 0 Å². The van der Waals surface area contributed by atoms with Crippen molar-refractivity contribution in [3.8, 4) is 22.2 Å². The maximum absolute atomic E-state index is 9.04. The number of hydrogen-bond acceptors (Lipinski definition) is 2. The van der Waals surface area contributed by atoms with Crippen molar-refractivity contribution in [1.82, 2.24) is 4.57 Å². The van der Waals surface area contributed by atoms with Crippen LogP contribution in [0.2, 0.25) is 0 Å². The van der Waals surface area contributed by atoms with Gasteiger partial charge in [0.2, 0.25) is 0 Å². The normalized spacial score (nSPS) is 12.3. The predicted octanol–water partition coefficient (Wildman–Crippen LogP) is 7.58. The third-order valence-corrected chi connectivity index (χ3v) is 6.22. The van der Waals surface area contributed by atoms with Crippen LogP contribution in [0.15, 0.2) is 72.4 Å². The molecule has 4 aromatic rings. The SMILES string of the molecule is C/C(C#N)=C/c1ccc(-c2cn(-c3ccc(C(C)(C)C)cc3)c3ccccc23)s1.